The van der Waals surface area contributed by atoms with E-state index in [1.807, 2.05) is 0 Å². The number of benzene rings is 1. The van der Waals surface area contributed by atoms with E-state index in [9.17, 15) is 0 Å². The molecule has 39 heavy (non-hydrogen) atoms. The minimum atomic E-state index is -1.47. The summed E-state index contributed by atoms with van der Waals surface area (Å²) in [4.78, 5) is 0. The molecular weight excluding hydrogens is 485 g/mol. The molecule has 220 valence electrons. The average molecular weight is 549 g/mol. The van der Waals surface area contributed by atoms with Crippen LogP contribution in [0.2, 0.25) is 24.2 Å². The lowest BCUT2D eigenvalue weighted by molar-refractivity contribution is 0.120. The predicted octanol–water partition coefficient (Wildman–Crippen LogP) is 11.5. The van der Waals surface area contributed by atoms with Crippen LogP contribution in [0.15, 0.2) is 18.2 Å². The third kappa shape index (κ3) is 4.95. The maximum atomic E-state index is 2.87. The molecule has 1 aromatic rings. The summed E-state index contributed by atoms with van der Waals surface area (Å²) in [6.45, 7) is 33.4. The zero-order valence-electron chi connectivity index (χ0n) is 28.2. The summed E-state index contributed by atoms with van der Waals surface area (Å²) in [5.74, 6) is 9.04. The van der Waals surface area contributed by atoms with Gasteiger partial charge in [-0.1, -0.05) is 120 Å². The van der Waals surface area contributed by atoms with Crippen molar-refractivity contribution >= 4 is 8.07 Å². The zero-order valence-corrected chi connectivity index (χ0v) is 29.2. The molecule has 4 saturated carbocycles. The predicted molar refractivity (Wildman–Crippen MR) is 174 cm³/mol. The van der Waals surface area contributed by atoms with Gasteiger partial charge in [-0.05, 0) is 117 Å². The van der Waals surface area contributed by atoms with Crippen LogP contribution in [0.25, 0.3) is 0 Å². The van der Waals surface area contributed by atoms with E-state index in [0.717, 1.165) is 70.3 Å². The Kier molecular flexibility index (Phi) is 7.68. The Bertz CT molecular complexity index is 990. The van der Waals surface area contributed by atoms with E-state index in [1.165, 1.54) is 25.7 Å². The molecule has 0 N–H and O–H groups in total. The molecule has 11 unspecified atom stereocenters. The maximum absolute atomic E-state index is 2.87. The van der Waals surface area contributed by atoms with Crippen LogP contribution in [0.5, 0.6) is 0 Å². The molecule has 1 aromatic carbocycles. The van der Waals surface area contributed by atoms with Crippen LogP contribution < -0.4 is 0 Å². The Balaban J connectivity index is 1.58. The normalized spacial score (nSPS) is 43.0. The van der Waals surface area contributed by atoms with Crippen molar-refractivity contribution in [3.63, 3.8) is 0 Å². The highest BCUT2D eigenvalue weighted by atomic mass is 28.3. The van der Waals surface area contributed by atoms with Gasteiger partial charge >= 0.3 is 0 Å². The fraction of sp³-hybridized carbons (Fsp3) is 0.842. The van der Waals surface area contributed by atoms with E-state index >= 15 is 0 Å². The lowest BCUT2D eigenvalue weighted by Crippen LogP contribution is -2.47. The van der Waals surface area contributed by atoms with Crippen LogP contribution in [0, 0.1) is 53.3 Å². The van der Waals surface area contributed by atoms with Crippen LogP contribution in [0.4, 0.5) is 0 Å². The summed E-state index contributed by atoms with van der Waals surface area (Å²) in [6.07, 6.45) is 7.51. The molecule has 0 nitrogen and oxygen atoms in total. The van der Waals surface area contributed by atoms with Crippen molar-refractivity contribution in [2.45, 2.75) is 149 Å². The molecule has 1 heteroatoms. The van der Waals surface area contributed by atoms with E-state index in [-0.39, 0.29) is 10.8 Å². The van der Waals surface area contributed by atoms with Crippen molar-refractivity contribution in [2.24, 2.45) is 53.3 Å². The second-order valence-corrected chi connectivity index (χ2v) is 23.3. The first-order valence-electron chi connectivity index (χ1n) is 17.1. The SMILES string of the molecule is CC1CC2C(CC3CCCC3C2c2cc(C(C)(C)C)cc(C(C)(C)C)c2)C1[Si](C)(C)C1C(C)C(C)C(C)C1C. The van der Waals surface area contributed by atoms with Gasteiger partial charge < -0.3 is 0 Å². The van der Waals surface area contributed by atoms with Crippen molar-refractivity contribution in [3.05, 3.63) is 34.9 Å². The van der Waals surface area contributed by atoms with E-state index in [4.69, 9.17) is 0 Å². The Labute approximate surface area is 244 Å². The van der Waals surface area contributed by atoms with Crippen LogP contribution >= 0.6 is 0 Å². The van der Waals surface area contributed by atoms with E-state index in [0.29, 0.717) is 0 Å². The quantitative estimate of drug-likeness (QED) is 0.329. The minimum absolute atomic E-state index is 0.196. The van der Waals surface area contributed by atoms with Gasteiger partial charge in [-0.2, -0.15) is 0 Å². The Morgan fingerprint density at radius 3 is 1.67 bits per heavy atom. The van der Waals surface area contributed by atoms with Gasteiger partial charge in [0.05, 0.1) is 8.07 Å². The number of rotatable bonds is 3. The molecule has 11 atom stereocenters. The summed E-state index contributed by atoms with van der Waals surface area (Å²) in [7, 11) is -1.47. The standard InChI is InChI=1S/C38H64Si/c1-22-17-32-33(35(22)39(12,13)36-25(4)23(2)24(3)26(36)5)20-27-15-14-16-31(27)34(32)28-18-29(37(6,7)8)21-30(19-28)38(9,10)11/h18-19,21-27,31-36H,14-17,20H2,1-13H3. The van der Waals surface area contributed by atoms with Gasteiger partial charge in [0.15, 0.2) is 0 Å². The molecule has 5 rings (SSSR count). The first kappa shape index (κ1) is 29.9. The lowest BCUT2D eigenvalue weighted by Gasteiger charge is -2.50. The van der Waals surface area contributed by atoms with Gasteiger partial charge in [0.1, 0.15) is 0 Å². The smallest absolute Gasteiger partial charge is 0.0546 e. The molecule has 0 bridgehead atoms. The van der Waals surface area contributed by atoms with Gasteiger partial charge in [0, 0.05) is 0 Å². The minimum Gasteiger partial charge on any atom is -0.0689 e. The van der Waals surface area contributed by atoms with Gasteiger partial charge in [-0.15, -0.1) is 0 Å². The largest absolute Gasteiger partial charge is 0.0689 e. The summed E-state index contributed by atoms with van der Waals surface area (Å²) in [5.41, 5.74) is 7.25. The molecule has 4 aliphatic carbocycles. The molecule has 0 saturated heterocycles. The third-order valence-corrected chi connectivity index (χ3v) is 19.4. The highest BCUT2D eigenvalue weighted by Crippen LogP contribution is 2.68. The van der Waals surface area contributed by atoms with Crippen molar-refractivity contribution in [1.82, 2.24) is 0 Å². The fourth-order valence-corrected chi connectivity index (χ4v) is 18.7. The highest BCUT2D eigenvalue weighted by Gasteiger charge is 2.61. The van der Waals surface area contributed by atoms with Gasteiger partial charge in [-0.3, -0.25) is 0 Å². The molecule has 4 fully saturated rings. The van der Waals surface area contributed by atoms with Crippen LogP contribution in [-0.2, 0) is 10.8 Å². The summed E-state index contributed by atoms with van der Waals surface area (Å²) < 4.78 is 0. The molecule has 0 heterocycles. The van der Waals surface area contributed by atoms with E-state index in [2.05, 4.69) is 107 Å². The van der Waals surface area contributed by atoms with Crippen molar-refractivity contribution in [3.8, 4) is 0 Å². The van der Waals surface area contributed by atoms with Gasteiger partial charge in [0.2, 0.25) is 0 Å². The van der Waals surface area contributed by atoms with E-state index < -0.39 is 8.07 Å². The van der Waals surface area contributed by atoms with Crippen molar-refractivity contribution < 1.29 is 0 Å². The summed E-state index contributed by atoms with van der Waals surface area (Å²) in [6, 6.07) is 7.95. The fourth-order valence-electron chi connectivity index (χ4n) is 11.8. The van der Waals surface area contributed by atoms with Gasteiger partial charge in [-0.25, -0.2) is 0 Å². The second kappa shape index (κ2) is 10.0. The first-order chi connectivity index (χ1) is 17.9. The Hall–Kier alpha value is -0.563. The zero-order chi connectivity index (χ0) is 28.8. The molecular formula is C38H64Si. The number of fused-ring (bicyclic) bond motifs is 2. The Morgan fingerprint density at radius 2 is 1.15 bits per heavy atom. The van der Waals surface area contributed by atoms with Gasteiger partial charge in [0.25, 0.3) is 0 Å². The van der Waals surface area contributed by atoms with E-state index in [1.54, 1.807) is 23.1 Å². The molecule has 0 radical (unpaired) electrons. The number of hydrogen-bond donors (Lipinski definition) is 0. The monoisotopic (exact) mass is 548 g/mol. The third-order valence-electron chi connectivity index (χ3n) is 13.9. The summed E-state index contributed by atoms with van der Waals surface area (Å²) >= 11 is 0. The highest BCUT2D eigenvalue weighted by molar-refractivity contribution is 6.80. The molecule has 0 aromatic heterocycles. The maximum Gasteiger partial charge on any atom is 0.0546 e. The van der Waals surface area contributed by atoms with Crippen molar-refractivity contribution in [2.75, 3.05) is 0 Å². The molecule has 0 amide bonds. The molecule has 4 aliphatic rings. The second-order valence-electron chi connectivity index (χ2n) is 18.3. The average Bonchev–Trinajstić information content (AvgIpc) is 3.47. The van der Waals surface area contributed by atoms with Crippen LogP contribution in [-0.4, -0.2) is 8.07 Å². The van der Waals surface area contributed by atoms with Crippen LogP contribution in [0.3, 0.4) is 0 Å². The molecule has 0 spiro atoms. The van der Waals surface area contributed by atoms with Crippen LogP contribution in [0.1, 0.15) is 131 Å². The van der Waals surface area contributed by atoms with Crippen molar-refractivity contribution in [1.29, 1.82) is 0 Å². The Morgan fingerprint density at radius 1 is 0.615 bits per heavy atom. The first-order valence-corrected chi connectivity index (χ1v) is 20.3. The summed E-state index contributed by atoms with van der Waals surface area (Å²) in [5, 5.41) is 0. The topological polar surface area (TPSA) is 0 Å². The lowest BCUT2D eigenvalue weighted by atomic mass is 9.61. The molecule has 0 aliphatic heterocycles. The number of hydrogen-bond acceptors (Lipinski definition) is 0.